The third-order valence-electron chi connectivity index (χ3n) is 5.80. The van der Waals surface area contributed by atoms with Gasteiger partial charge in [0, 0.05) is 18.1 Å². The largest absolute Gasteiger partial charge is 0.358 e. The lowest BCUT2D eigenvalue weighted by Gasteiger charge is -2.18. The van der Waals surface area contributed by atoms with Crippen molar-refractivity contribution in [1.82, 2.24) is 19.9 Å². The molecule has 148 valence electrons. The Morgan fingerprint density at radius 3 is 3.03 bits per heavy atom. The first-order chi connectivity index (χ1) is 14.0. The number of nitrogens with zero attached hydrogens (tertiary/aromatic N) is 2. The molecule has 0 saturated carbocycles. The van der Waals surface area contributed by atoms with Gasteiger partial charge in [-0.25, -0.2) is 4.98 Å². The first kappa shape index (κ1) is 18.1. The lowest BCUT2D eigenvalue weighted by atomic mass is 9.87. The van der Waals surface area contributed by atoms with Crippen LogP contribution in [0.1, 0.15) is 40.8 Å². The van der Waals surface area contributed by atoms with E-state index in [1.54, 1.807) is 11.9 Å². The zero-order valence-electron chi connectivity index (χ0n) is 16.4. The van der Waals surface area contributed by atoms with Gasteiger partial charge in [0.15, 0.2) is 0 Å². The topological polar surface area (TPSA) is 81.8 Å². The maximum Gasteiger partial charge on any atom is 0.268 e. The highest BCUT2D eigenvalue weighted by atomic mass is 32.1. The van der Waals surface area contributed by atoms with Crippen molar-refractivity contribution in [2.45, 2.75) is 32.7 Å². The molecule has 1 aliphatic carbocycles. The van der Waals surface area contributed by atoms with Crippen LogP contribution >= 0.6 is 11.3 Å². The van der Waals surface area contributed by atoms with Crippen molar-refractivity contribution in [1.29, 1.82) is 0 Å². The summed E-state index contributed by atoms with van der Waals surface area (Å²) in [6, 6.07) is 7.74. The Morgan fingerprint density at radius 2 is 2.17 bits per heavy atom. The number of hydrogen-bond acceptors (Lipinski definition) is 4. The monoisotopic (exact) mass is 406 g/mol. The number of aromatic amines is 2. The van der Waals surface area contributed by atoms with Crippen LogP contribution in [0.4, 0.5) is 0 Å². The molecule has 7 heteroatoms. The Kier molecular flexibility index (Phi) is 4.28. The normalized spacial score (nSPS) is 16.3. The molecule has 5 rings (SSSR count). The van der Waals surface area contributed by atoms with Crippen LogP contribution in [0, 0.1) is 5.92 Å². The molecule has 0 saturated heterocycles. The molecule has 3 aromatic heterocycles. The molecule has 29 heavy (non-hydrogen) atoms. The fourth-order valence-corrected chi connectivity index (χ4v) is 5.02. The number of para-hydroxylation sites is 1. The second-order valence-electron chi connectivity index (χ2n) is 7.97. The van der Waals surface area contributed by atoms with E-state index in [0.717, 1.165) is 23.7 Å². The predicted molar refractivity (Wildman–Crippen MR) is 116 cm³/mol. The SMILES string of the molecule is C[C@@H]1CCc2[nH]c3c(C(=O)N(C)Cc4nc5ccsc5c(=O)[nH]4)cccc3c2C1. The highest BCUT2D eigenvalue weighted by Crippen LogP contribution is 2.33. The fourth-order valence-electron chi connectivity index (χ4n) is 4.29. The van der Waals surface area contributed by atoms with Crippen LogP contribution in [-0.2, 0) is 19.4 Å². The molecular weight excluding hydrogens is 384 g/mol. The zero-order valence-corrected chi connectivity index (χ0v) is 17.2. The smallest absolute Gasteiger partial charge is 0.268 e. The fraction of sp³-hybridized carbons (Fsp3) is 0.318. The van der Waals surface area contributed by atoms with Crippen molar-refractivity contribution >= 4 is 38.4 Å². The molecule has 1 aliphatic rings. The average Bonchev–Trinajstić information content (AvgIpc) is 3.31. The number of thiophene rings is 1. The number of rotatable bonds is 3. The number of fused-ring (bicyclic) bond motifs is 4. The van der Waals surface area contributed by atoms with Crippen molar-refractivity contribution in [3.63, 3.8) is 0 Å². The van der Waals surface area contributed by atoms with E-state index >= 15 is 0 Å². The van der Waals surface area contributed by atoms with Gasteiger partial charge in [-0.05, 0) is 48.3 Å². The Labute approximate surface area is 171 Å². The molecule has 0 fully saturated rings. The van der Waals surface area contributed by atoms with Gasteiger partial charge in [0.1, 0.15) is 10.5 Å². The van der Waals surface area contributed by atoms with E-state index < -0.39 is 0 Å². The van der Waals surface area contributed by atoms with E-state index in [1.165, 1.54) is 29.0 Å². The van der Waals surface area contributed by atoms with E-state index in [0.29, 0.717) is 27.5 Å². The zero-order chi connectivity index (χ0) is 20.1. The summed E-state index contributed by atoms with van der Waals surface area (Å²) in [7, 11) is 1.74. The minimum absolute atomic E-state index is 0.0877. The standard InChI is InChI=1S/C22H22N4O2S/c1-12-6-7-16-15(10-12)13-4-3-5-14(19(13)24-16)22(28)26(2)11-18-23-17-8-9-29-20(17)21(27)25-18/h3-5,8-9,12,24H,6-7,10-11H2,1-2H3,(H,23,25,27)/t12-/m1/s1. The molecule has 0 unspecified atom stereocenters. The summed E-state index contributed by atoms with van der Waals surface area (Å²) in [6.07, 6.45) is 3.25. The summed E-state index contributed by atoms with van der Waals surface area (Å²) in [5.74, 6) is 1.07. The molecule has 4 aromatic rings. The molecule has 6 nitrogen and oxygen atoms in total. The van der Waals surface area contributed by atoms with E-state index in [9.17, 15) is 9.59 Å². The number of carbonyl (C=O) groups excluding carboxylic acids is 1. The minimum atomic E-state index is -0.158. The van der Waals surface area contributed by atoms with Crippen LogP contribution in [0.3, 0.4) is 0 Å². The van der Waals surface area contributed by atoms with Gasteiger partial charge in [-0.2, -0.15) is 0 Å². The van der Waals surface area contributed by atoms with Crippen molar-refractivity contribution in [2.24, 2.45) is 5.92 Å². The summed E-state index contributed by atoms with van der Waals surface area (Å²) < 4.78 is 0.610. The van der Waals surface area contributed by atoms with E-state index in [-0.39, 0.29) is 18.0 Å². The van der Waals surface area contributed by atoms with Crippen LogP contribution in [0.25, 0.3) is 21.1 Å². The second kappa shape index (κ2) is 6.84. The lowest BCUT2D eigenvalue weighted by molar-refractivity contribution is 0.0783. The maximum atomic E-state index is 13.2. The Balaban J connectivity index is 1.48. The summed E-state index contributed by atoms with van der Waals surface area (Å²) >= 11 is 1.37. The minimum Gasteiger partial charge on any atom is -0.358 e. The molecule has 0 radical (unpaired) electrons. The summed E-state index contributed by atoms with van der Waals surface area (Å²) in [5.41, 5.74) is 4.70. The van der Waals surface area contributed by atoms with Crippen molar-refractivity contribution in [3.05, 3.63) is 62.6 Å². The Morgan fingerprint density at radius 1 is 1.31 bits per heavy atom. The van der Waals surface area contributed by atoms with Gasteiger partial charge >= 0.3 is 0 Å². The first-order valence-electron chi connectivity index (χ1n) is 9.85. The van der Waals surface area contributed by atoms with Crippen molar-refractivity contribution in [3.8, 4) is 0 Å². The highest BCUT2D eigenvalue weighted by Gasteiger charge is 2.23. The maximum absolute atomic E-state index is 13.2. The lowest BCUT2D eigenvalue weighted by Crippen LogP contribution is -2.28. The molecular formula is C22H22N4O2S. The first-order valence-corrected chi connectivity index (χ1v) is 10.7. The molecule has 0 bridgehead atoms. The predicted octanol–water partition coefficient (Wildman–Crippen LogP) is 3.86. The van der Waals surface area contributed by atoms with Gasteiger partial charge in [-0.15, -0.1) is 11.3 Å². The summed E-state index contributed by atoms with van der Waals surface area (Å²) in [6.45, 7) is 2.52. The van der Waals surface area contributed by atoms with Gasteiger partial charge < -0.3 is 14.9 Å². The van der Waals surface area contributed by atoms with Gasteiger partial charge in [0.05, 0.1) is 23.1 Å². The van der Waals surface area contributed by atoms with Crippen molar-refractivity contribution < 1.29 is 4.79 Å². The number of hydrogen-bond donors (Lipinski definition) is 2. The van der Waals surface area contributed by atoms with Gasteiger partial charge in [0.2, 0.25) is 0 Å². The molecule has 3 heterocycles. The van der Waals surface area contributed by atoms with Crippen molar-refractivity contribution in [2.75, 3.05) is 7.05 Å². The van der Waals surface area contributed by atoms with Crippen LogP contribution < -0.4 is 5.56 Å². The Hall–Kier alpha value is -2.93. The summed E-state index contributed by atoms with van der Waals surface area (Å²) in [4.78, 5) is 37.8. The van der Waals surface area contributed by atoms with Crippen LogP contribution in [-0.4, -0.2) is 32.8 Å². The average molecular weight is 407 g/mol. The number of carbonyl (C=O) groups is 1. The Bertz CT molecular complexity index is 1300. The number of aromatic nitrogens is 3. The van der Waals surface area contributed by atoms with Gasteiger partial charge in [0.25, 0.3) is 11.5 Å². The molecule has 2 N–H and O–H groups in total. The van der Waals surface area contributed by atoms with Gasteiger partial charge in [-0.3, -0.25) is 9.59 Å². The van der Waals surface area contributed by atoms with E-state index in [1.807, 2.05) is 23.6 Å². The van der Waals surface area contributed by atoms with Crippen LogP contribution in [0.15, 0.2) is 34.4 Å². The van der Waals surface area contributed by atoms with E-state index in [4.69, 9.17) is 0 Å². The van der Waals surface area contributed by atoms with Crippen LogP contribution in [0.5, 0.6) is 0 Å². The molecule has 1 amide bonds. The van der Waals surface area contributed by atoms with Gasteiger partial charge in [-0.1, -0.05) is 19.1 Å². The number of aryl methyl sites for hydroxylation is 1. The number of nitrogens with one attached hydrogen (secondary N) is 2. The third-order valence-corrected chi connectivity index (χ3v) is 6.70. The molecule has 0 spiro atoms. The van der Waals surface area contributed by atoms with Crippen LogP contribution in [0.2, 0.25) is 0 Å². The molecule has 1 aromatic carbocycles. The van der Waals surface area contributed by atoms with E-state index in [2.05, 4.69) is 27.9 Å². The number of benzene rings is 1. The third kappa shape index (κ3) is 3.06. The highest BCUT2D eigenvalue weighted by molar-refractivity contribution is 7.17. The second-order valence-corrected chi connectivity index (χ2v) is 8.88. The summed E-state index contributed by atoms with van der Waals surface area (Å²) in [5, 5.41) is 3.00. The quantitative estimate of drug-likeness (QED) is 0.542. The number of H-pyrrole nitrogens is 2. The molecule has 1 atom stereocenters. The number of amides is 1. The molecule has 0 aliphatic heterocycles.